The first-order valence-electron chi connectivity index (χ1n) is 6.61. The van der Waals surface area contributed by atoms with Crippen molar-refractivity contribution in [1.29, 1.82) is 0 Å². The molecule has 0 radical (unpaired) electrons. The minimum Gasteiger partial charge on any atom is -0.353 e. The highest BCUT2D eigenvalue weighted by Crippen LogP contribution is 2.12. The molecule has 2 atom stereocenters. The lowest BCUT2D eigenvalue weighted by Gasteiger charge is -2.36. The van der Waals surface area contributed by atoms with Gasteiger partial charge in [0.1, 0.15) is 6.04 Å². The maximum Gasteiger partial charge on any atom is 0.241 e. The lowest BCUT2D eigenvalue weighted by molar-refractivity contribution is -0.136. The smallest absolute Gasteiger partial charge is 0.241 e. The summed E-state index contributed by atoms with van der Waals surface area (Å²) in [6, 6.07) is -0.662. The summed E-state index contributed by atoms with van der Waals surface area (Å²) in [6.45, 7) is 1.40. The second kappa shape index (κ2) is 6.06. The third kappa shape index (κ3) is 4.15. The van der Waals surface area contributed by atoms with E-state index in [1.165, 1.54) is 0 Å². The van der Waals surface area contributed by atoms with Gasteiger partial charge < -0.3 is 10.2 Å². The van der Waals surface area contributed by atoms with E-state index in [0.717, 1.165) is 19.1 Å². The number of carbonyl (C=O) groups excluding carboxylic acids is 2. The molecular formula is C11H20N4O4S. The van der Waals surface area contributed by atoms with E-state index >= 15 is 0 Å². The first-order valence-corrected chi connectivity index (χ1v) is 8.50. The molecule has 20 heavy (non-hydrogen) atoms. The first-order chi connectivity index (χ1) is 9.35. The summed E-state index contributed by atoms with van der Waals surface area (Å²) in [5.41, 5.74) is 0. The molecule has 0 aromatic carbocycles. The Hall–Kier alpha value is -1.19. The number of rotatable bonds is 3. The average Bonchev–Trinajstić information content (AvgIpc) is 2.37. The van der Waals surface area contributed by atoms with Gasteiger partial charge in [0, 0.05) is 25.7 Å². The maximum atomic E-state index is 12.3. The number of hydrogen-bond donors (Lipinski definition) is 3. The molecule has 0 aliphatic carbocycles. The molecule has 2 amide bonds. The molecule has 114 valence electrons. The zero-order valence-corrected chi connectivity index (χ0v) is 12.2. The van der Waals surface area contributed by atoms with Crippen molar-refractivity contribution in [3.8, 4) is 0 Å². The molecule has 0 bridgehead atoms. The monoisotopic (exact) mass is 304 g/mol. The van der Waals surface area contributed by atoms with Gasteiger partial charge in [-0.3, -0.25) is 14.9 Å². The van der Waals surface area contributed by atoms with Gasteiger partial charge in [0.05, 0.1) is 12.8 Å². The van der Waals surface area contributed by atoms with Gasteiger partial charge in [-0.25, -0.2) is 13.1 Å². The van der Waals surface area contributed by atoms with Gasteiger partial charge in [-0.05, 0) is 12.8 Å². The number of likely N-dealkylation sites (tertiary alicyclic amines) is 1. The molecule has 2 heterocycles. The Morgan fingerprint density at radius 3 is 2.80 bits per heavy atom. The van der Waals surface area contributed by atoms with Gasteiger partial charge in [-0.2, -0.15) is 0 Å². The maximum absolute atomic E-state index is 12.3. The molecule has 2 rings (SSSR count). The van der Waals surface area contributed by atoms with Crippen LogP contribution in [0.3, 0.4) is 0 Å². The molecule has 2 saturated heterocycles. The Morgan fingerprint density at radius 1 is 1.45 bits per heavy atom. The summed E-state index contributed by atoms with van der Waals surface area (Å²) >= 11 is 0. The lowest BCUT2D eigenvalue weighted by atomic mass is 10.1. The van der Waals surface area contributed by atoms with Crippen LogP contribution in [0.5, 0.6) is 0 Å². The number of amides is 2. The normalized spacial score (nSPS) is 28.1. The molecule has 2 unspecified atom stereocenters. The Morgan fingerprint density at radius 2 is 2.20 bits per heavy atom. The van der Waals surface area contributed by atoms with Crippen molar-refractivity contribution in [2.45, 2.75) is 24.9 Å². The fourth-order valence-electron chi connectivity index (χ4n) is 2.54. The van der Waals surface area contributed by atoms with Crippen LogP contribution in [0.2, 0.25) is 0 Å². The van der Waals surface area contributed by atoms with Crippen molar-refractivity contribution >= 4 is 21.8 Å². The summed E-state index contributed by atoms with van der Waals surface area (Å²) < 4.78 is 25.0. The molecule has 9 heteroatoms. The van der Waals surface area contributed by atoms with Gasteiger partial charge in [0.25, 0.3) is 0 Å². The van der Waals surface area contributed by atoms with E-state index in [2.05, 4.69) is 15.4 Å². The molecule has 2 aliphatic rings. The SMILES string of the molecule is CS(=O)(=O)NC1CCCN(C(=O)C2CNC(=O)CN2)C1. The Balaban J connectivity index is 1.91. The van der Waals surface area contributed by atoms with E-state index in [-0.39, 0.29) is 30.9 Å². The van der Waals surface area contributed by atoms with Crippen molar-refractivity contribution in [3.63, 3.8) is 0 Å². The van der Waals surface area contributed by atoms with Gasteiger partial charge in [-0.15, -0.1) is 0 Å². The highest BCUT2D eigenvalue weighted by molar-refractivity contribution is 7.88. The van der Waals surface area contributed by atoms with Crippen molar-refractivity contribution in [3.05, 3.63) is 0 Å². The third-order valence-corrected chi connectivity index (χ3v) is 4.19. The molecule has 2 aliphatic heterocycles. The minimum absolute atomic E-state index is 0.0926. The highest BCUT2D eigenvalue weighted by Gasteiger charge is 2.31. The summed E-state index contributed by atoms with van der Waals surface area (Å²) in [5.74, 6) is -0.214. The van der Waals surface area contributed by atoms with E-state index in [4.69, 9.17) is 0 Å². The van der Waals surface area contributed by atoms with Crippen LogP contribution in [0.4, 0.5) is 0 Å². The molecule has 8 nitrogen and oxygen atoms in total. The van der Waals surface area contributed by atoms with Gasteiger partial charge in [0.2, 0.25) is 21.8 Å². The van der Waals surface area contributed by atoms with Crippen molar-refractivity contribution < 1.29 is 18.0 Å². The van der Waals surface area contributed by atoms with Gasteiger partial charge in [0.15, 0.2) is 0 Å². The Labute approximate surface area is 118 Å². The van der Waals surface area contributed by atoms with Crippen LogP contribution in [0, 0.1) is 0 Å². The largest absolute Gasteiger partial charge is 0.353 e. The van der Waals surface area contributed by atoms with Crippen molar-refractivity contribution in [1.82, 2.24) is 20.3 Å². The molecule has 0 aromatic rings. The van der Waals surface area contributed by atoms with Crippen LogP contribution in [0.25, 0.3) is 0 Å². The summed E-state index contributed by atoms with van der Waals surface area (Å²) in [5, 5.41) is 5.53. The van der Waals surface area contributed by atoms with Crippen LogP contribution in [0.1, 0.15) is 12.8 Å². The average molecular weight is 304 g/mol. The van der Waals surface area contributed by atoms with Crippen LogP contribution in [-0.4, -0.2) is 69.7 Å². The quantitative estimate of drug-likeness (QED) is 0.539. The molecule has 0 spiro atoms. The van der Waals surface area contributed by atoms with E-state index in [1.807, 2.05) is 0 Å². The molecule has 0 saturated carbocycles. The van der Waals surface area contributed by atoms with Crippen molar-refractivity contribution in [2.75, 3.05) is 32.4 Å². The topological polar surface area (TPSA) is 108 Å². The number of piperidine rings is 1. The second-order valence-corrected chi connectivity index (χ2v) is 7.03. The number of nitrogens with one attached hydrogen (secondary N) is 3. The number of piperazine rings is 1. The molecule has 3 N–H and O–H groups in total. The number of nitrogens with zero attached hydrogens (tertiary/aromatic N) is 1. The summed E-state index contributed by atoms with van der Waals surface area (Å²) in [7, 11) is -3.27. The zero-order chi connectivity index (χ0) is 14.8. The van der Waals surface area contributed by atoms with E-state index in [9.17, 15) is 18.0 Å². The summed E-state index contributed by atoms with van der Waals surface area (Å²) in [6.07, 6.45) is 2.61. The van der Waals surface area contributed by atoms with Crippen LogP contribution in [-0.2, 0) is 19.6 Å². The predicted molar refractivity (Wildman–Crippen MR) is 72.4 cm³/mol. The highest BCUT2D eigenvalue weighted by atomic mass is 32.2. The lowest BCUT2D eigenvalue weighted by Crippen LogP contribution is -2.60. The summed E-state index contributed by atoms with van der Waals surface area (Å²) in [4.78, 5) is 25.0. The molecular weight excluding hydrogens is 284 g/mol. The Kier molecular flexibility index (Phi) is 4.61. The first kappa shape index (κ1) is 15.2. The van der Waals surface area contributed by atoms with Crippen LogP contribution < -0.4 is 15.4 Å². The van der Waals surface area contributed by atoms with E-state index < -0.39 is 16.1 Å². The Bertz CT molecular complexity index is 483. The fourth-order valence-corrected chi connectivity index (χ4v) is 3.34. The fraction of sp³-hybridized carbons (Fsp3) is 0.818. The number of carbonyl (C=O) groups is 2. The third-order valence-electron chi connectivity index (χ3n) is 3.42. The standard InChI is InChI=1S/C11H20N4O4S/c1-20(18,19)14-8-3-2-4-15(7-8)11(17)9-5-13-10(16)6-12-9/h8-9,12,14H,2-7H2,1H3,(H,13,16). The van der Waals surface area contributed by atoms with E-state index in [0.29, 0.717) is 13.1 Å². The minimum atomic E-state index is -3.27. The van der Waals surface area contributed by atoms with E-state index in [1.54, 1.807) is 4.90 Å². The van der Waals surface area contributed by atoms with Crippen LogP contribution in [0.15, 0.2) is 0 Å². The number of hydrogen-bond acceptors (Lipinski definition) is 5. The predicted octanol–water partition coefficient (Wildman–Crippen LogP) is -2.39. The van der Waals surface area contributed by atoms with Gasteiger partial charge in [-0.1, -0.05) is 0 Å². The van der Waals surface area contributed by atoms with Crippen molar-refractivity contribution in [2.24, 2.45) is 0 Å². The number of sulfonamides is 1. The van der Waals surface area contributed by atoms with Gasteiger partial charge >= 0.3 is 0 Å². The van der Waals surface area contributed by atoms with Crippen LogP contribution >= 0.6 is 0 Å². The second-order valence-electron chi connectivity index (χ2n) is 5.25. The zero-order valence-electron chi connectivity index (χ0n) is 11.4. The molecule has 2 fully saturated rings. The molecule has 0 aromatic heterocycles.